The molecule has 8 heteroatoms. The van der Waals surface area contributed by atoms with Gasteiger partial charge in [0.25, 0.3) is 5.91 Å². The Morgan fingerprint density at radius 2 is 1.57 bits per heavy atom. The second-order valence-electron chi connectivity index (χ2n) is 8.63. The third kappa shape index (κ3) is 7.42. The first-order chi connectivity index (χ1) is 16.7. The maximum atomic E-state index is 13.4. The second kappa shape index (κ2) is 11.7. The molecule has 1 amide bonds. The highest BCUT2D eigenvalue weighted by Gasteiger charge is 2.22. The van der Waals surface area contributed by atoms with Gasteiger partial charge in [-0.1, -0.05) is 68.4 Å². The number of rotatable bonds is 11. The molecule has 0 saturated carbocycles. The van der Waals surface area contributed by atoms with Crippen molar-refractivity contribution >= 4 is 22.0 Å². The molecular formula is C27H29NO6S. The Hall–Kier alpha value is -3.65. The Balaban J connectivity index is 1.93. The summed E-state index contributed by atoms with van der Waals surface area (Å²) in [7, 11) is -4.10. The van der Waals surface area contributed by atoms with Crippen LogP contribution in [0.15, 0.2) is 83.8 Å². The smallest absolute Gasteiger partial charge is 0.339 e. The van der Waals surface area contributed by atoms with Crippen molar-refractivity contribution in [1.82, 2.24) is 5.32 Å². The van der Waals surface area contributed by atoms with Gasteiger partial charge in [0.05, 0.1) is 6.04 Å². The molecule has 0 radical (unpaired) electrons. The van der Waals surface area contributed by atoms with Crippen molar-refractivity contribution in [3.05, 3.63) is 95.6 Å². The van der Waals surface area contributed by atoms with E-state index in [0.29, 0.717) is 17.9 Å². The number of hydrogen-bond acceptors (Lipinski definition) is 5. The van der Waals surface area contributed by atoms with Crippen molar-refractivity contribution in [1.29, 1.82) is 0 Å². The zero-order chi connectivity index (χ0) is 25.4. The Bertz CT molecular complexity index is 1260. The molecule has 0 aromatic heterocycles. The van der Waals surface area contributed by atoms with Gasteiger partial charge in [0.1, 0.15) is 10.6 Å². The molecule has 0 fully saturated rings. The summed E-state index contributed by atoms with van der Waals surface area (Å²) in [6.07, 6.45) is 0.639. The number of carbonyl (C=O) groups excluding carboxylic acids is 1. The summed E-state index contributed by atoms with van der Waals surface area (Å²) < 4.78 is 30.6. The number of amides is 1. The summed E-state index contributed by atoms with van der Waals surface area (Å²) in [6, 6.07) is 21.3. The third-order valence-corrected chi connectivity index (χ3v) is 6.65. The van der Waals surface area contributed by atoms with Gasteiger partial charge < -0.3 is 14.6 Å². The van der Waals surface area contributed by atoms with E-state index in [-0.39, 0.29) is 35.1 Å². The highest BCUT2D eigenvalue weighted by molar-refractivity contribution is 7.87. The minimum atomic E-state index is -4.10. The molecule has 3 aromatic carbocycles. The molecule has 1 unspecified atom stereocenters. The van der Waals surface area contributed by atoms with Crippen LogP contribution < -0.4 is 9.50 Å². The summed E-state index contributed by atoms with van der Waals surface area (Å²) in [5.41, 5.74) is 1.61. The zero-order valence-electron chi connectivity index (χ0n) is 19.7. The van der Waals surface area contributed by atoms with E-state index in [9.17, 15) is 18.0 Å². The molecule has 0 aliphatic carbocycles. The lowest BCUT2D eigenvalue weighted by atomic mass is 9.95. The van der Waals surface area contributed by atoms with Crippen molar-refractivity contribution in [2.45, 2.75) is 44.0 Å². The highest BCUT2D eigenvalue weighted by atomic mass is 32.2. The predicted octanol–water partition coefficient (Wildman–Crippen LogP) is 4.99. The van der Waals surface area contributed by atoms with Gasteiger partial charge in [-0.25, -0.2) is 0 Å². The van der Waals surface area contributed by atoms with Crippen LogP contribution in [0.4, 0.5) is 0 Å². The molecule has 2 N–H and O–H groups in total. The van der Waals surface area contributed by atoms with E-state index >= 15 is 0 Å². The molecule has 1 atom stereocenters. The summed E-state index contributed by atoms with van der Waals surface area (Å²) in [4.78, 5) is 24.5. The van der Waals surface area contributed by atoms with Gasteiger partial charge in [-0.15, -0.1) is 0 Å². The monoisotopic (exact) mass is 495 g/mol. The number of nitrogens with one attached hydrogen (secondary N) is 1. The fourth-order valence-corrected chi connectivity index (χ4v) is 4.66. The van der Waals surface area contributed by atoms with Gasteiger partial charge in [-0.05, 0) is 54.2 Å². The molecule has 0 aliphatic heterocycles. The average molecular weight is 496 g/mol. The molecule has 3 rings (SSSR count). The van der Waals surface area contributed by atoms with Crippen molar-refractivity contribution in [3.8, 4) is 5.75 Å². The van der Waals surface area contributed by atoms with Crippen LogP contribution in [0.5, 0.6) is 5.75 Å². The number of carboxylic acids is 1. The first-order valence-electron chi connectivity index (χ1n) is 11.4. The molecular weight excluding hydrogens is 466 g/mol. The highest BCUT2D eigenvalue weighted by Crippen LogP contribution is 2.26. The van der Waals surface area contributed by atoms with Gasteiger partial charge in [0.2, 0.25) is 0 Å². The lowest BCUT2D eigenvalue weighted by Gasteiger charge is -2.22. The van der Waals surface area contributed by atoms with Crippen LogP contribution in [0.2, 0.25) is 0 Å². The van der Waals surface area contributed by atoms with Crippen molar-refractivity contribution in [2.24, 2.45) is 5.92 Å². The first-order valence-corrected chi connectivity index (χ1v) is 12.8. The maximum Gasteiger partial charge on any atom is 0.339 e. The fourth-order valence-electron chi connectivity index (χ4n) is 3.71. The SMILES string of the molecule is CC(C)CC(NC(=O)c1cc(OS(=O)(=O)c2ccccc2)ccc1CCC(=O)O)c1ccccc1. The number of hydrogen-bond donors (Lipinski definition) is 2. The van der Waals surface area contributed by atoms with Gasteiger partial charge in [0.15, 0.2) is 0 Å². The Morgan fingerprint density at radius 1 is 0.943 bits per heavy atom. The molecule has 7 nitrogen and oxygen atoms in total. The number of carboxylic acid groups (broad SMARTS) is 1. The van der Waals surface area contributed by atoms with Crippen LogP contribution in [0.3, 0.4) is 0 Å². The molecule has 0 saturated heterocycles. The van der Waals surface area contributed by atoms with Crippen LogP contribution in [-0.4, -0.2) is 25.4 Å². The van der Waals surface area contributed by atoms with Gasteiger partial charge >= 0.3 is 16.1 Å². The van der Waals surface area contributed by atoms with Gasteiger partial charge in [-0.3, -0.25) is 9.59 Å². The van der Waals surface area contributed by atoms with E-state index in [4.69, 9.17) is 9.29 Å². The molecule has 35 heavy (non-hydrogen) atoms. The summed E-state index contributed by atoms with van der Waals surface area (Å²) in [6.45, 7) is 4.12. The third-order valence-electron chi connectivity index (χ3n) is 5.39. The maximum absolute atomic E-state index is 13.4. The topological polar surface area (TPSA) is 110 Å². The molecule has 0 bridgehead atoms. The van der Waals surface area contributed by atoms with Crippen LogP contribution in [0, 0.1) is 5.92 Å². The molecule has 3 aromatic rings. The minimum Gasteiger partial charge on any atom is -0.481 e. The molecule has 0 aliphatic rings. The quantitative estimate of drug-likeness (QED) is 0.363. The number of benzene rings is 3. The zero-order valence-corrected chi connectivity index (χ0v) is 20.5. The van der Waals surface area contributed by atoms with E-state index in [0.717, 1.165) is 5.56 Å². The van der Waals surface area contributed by atoms with Crippen LogP contribution >= 0.6 is 0 Å². The summed E-state index contributed by atoms with van der Waals surface area (Å²) in [5, 5.41) is 12.2. The van der Waals surface area contributed by atoms with Crippen molar-refractivity contribution in [3.63, 3.8) is 0 Å². The second-order valence-corrected chi connectivity index (χ2v) is 10.2. The Morgan fingerprint density at radius 3 is 2.17 bits per heavy atom. The lowest BCUT2D eigenvalue weighted by Crippen LogP contribution is -2.30. The fraction of sp³-hybridized carbons (Fsp3) is 0.259. The van der Waals surface area contributed by atoms with Crippen molar-refractivity contribution < 1.29 is 27.3 Å². The number of aryl methyl sites for hydroxylation is 1. The van der Waals surface area contributed by atoms with E-state index in [2.05, 4.69) is 19.2 Å². The standard InChI is InChI=1S/C27H29NO6S/c1-19(2)17-25(21-9-5-3-6-10-21)28-27(31)24-18-22(15-13-20(24)14-16-26(29)30)34-35(32,33)23-11-7-4-8-12-23/h3-13,15,18-19,25H,14,16-17H2,1-2H3,(H,28,31)(H,29,30). The number of aliphatic carboxylic acids is 1. The molecule has 0 spiro atoms. The van der Waals surface area contributed by atoms with Crippen molar-refractivity contribution in [2.75, 3.05) is 0 Å². The Kier molecular flexibility index (Phi) is 8.65. The van der Waals surface area contributed by atoms with Crippen LogP contribution in [-0.2, 0) is 21.3 Å². The lowest BCUT2D eigenvalue weighted by molar-refractivity contribution is -0.136. The average Bonchev–Trinajstić information content (AvgIpc) is 2.83. The van der Waals surface area contributed by atoms with Crippen LogP contribution in [0.1, 0.15) is 54.2 Å². The summed E-state index contributed by atoms with van der Waals surface area (Å²) in [5.74, 6) is -1.15. The van der Waals surface area contributed by atoms with E-state index in [1.54, 1.807) is 18.2 Å². The minimum absolute atomic E-state index is 0.0120. The molecule has 0 heterocycles. The van der Waals surface area contributed by atoms with E-state index in [1.165, 1.54) is 30.3 Å². The molecule has 184 valence electrons. The van der Waals surface area contributed by atoms with E-state index in [1.807, 2.05) is 30.3 Å². The normalized spacial score (nSPS) is 12.2. The largest absolute Gasteiger partial charge is 0.481 e. The first kappa shape index (κ1) is 26.0. The van der Waals surface area contributed by atoms with Gasteiger partial charge in [0, 0.05) is 12.0 Å². The Labute approximate surface area is 205 Å². The van der Waals surface area contributed by atoms with Gasteiger partial charge in [-0.2, -0.15) is 8.42 Å². The van der Waals surface area contributed by atoms with E-state index < -0.39 is 22.0 Å². The number of carbonyl (C=O) groups is 2. The summed E-state index contributed by atoms with van der Waals surface area (Å²) >= 11 is 0. The van der Waals surface area contributed by atoms with Crippen LogP contribution in [0.25, 0.3) is 0 Å². The predicted molar refractivity (Wildman–Crippen MR) is 133 cm³/mol.